The van der Waals surface area contributed by atoms with Crippen LogP contribution in [0.5, 0.6) is 0 Å². The van der Waals surface area contributed by atoms with Crippen LogP contribution in [0.1, 0.15) is 25.5 Å². The summed E-state index contributed by atoms with van der Waals surface area (Å²) < 4.78 is 7.18. The maximum atomic E-state index is 6.15. The normalized spacial score (nSPS) is 15.2. The second-order valence-corrected chi connectivity index (χ2v) is 4.56. The van der Waals surface area contributed by atoms with Gasteiger partial charge in [-0.15, -0.1) is 0 Å². The second kappa shape index (κ2) is 4.96. The number of ether oxygens (including phenoxy) is 1. The lowest BCUT2D eigenvalue weighted by Gasteiger charge is -2.25. The first kappa shape index (κ1) is 12.2. The molecule has 0 saturated heterocycles. The van der Waals surface area contributed by atoms with Crippen LogP contribution in [0.15, 0.2) is 0 Å². The third-order valence-electron chi connectivity index (χ3n) is 3.24. The molecular formula is C12H22N4O. The van der Waals surface area contributed by atoms with Crippen LogP contribution in [0.2, 0.25) is 0 Å². The van der Waals surface area contributed by atoms with E-state index in [4.69, 9.17) is 10.5 Å². The van der Waals surface area contributed by atoms with Crippen molar-refractivity contribution < 1.29 is 4.74 Å². The predicted octanol–water partition coefficient (Wildman–Crippen LogP) is 1.41. The minimum Gasteiger partial charge on any atom is -0.394 e. The fourth-order valence-corrected chi connectivity index (χ4v) is 2.14. The second-order valence-electron chi connectivity index (χ2n) is 4.56. The lowest BCUT2D eigenvalue weighted by atomic mass is 10.3. The van der Waals surface area contributed by atoms with Crippen LogP contribution in [0.25, 0.3) is 0 Å². The Morgan fingerprint density at radius 2 is 2.24 bits per heavy atom. The van der Waals surface area contributed by atoms with Gasteiger partial charge in [0, 0.05) is 26.2 Å². The number of anilines is 2. The van der Waals surface area contributed by atoms with Crippen LogP contribution >= 0.6 is 0 Å². The van der Waals surface area contributed by atoms with Gasteiger partial charge >= 0.3 is 0 Å². The van der Waals surface area contributed by atoms with Gasteiger partial charge in [-0.25, -0.2) is 4.68 Å². The smallest absolute Gasteiger partial charge is 0.150 e. The zero-order chi connectivity index (χ0) is 12.4. The van der Waals surface area contributed by atoms with Gasteiger partial charge in [0.25, 0.3) is 0 Å². The number of rotatable bonds is 6. The molecular weight excluding hydrogens is 216 g/mol. The molecule has 1 fully saturated rings. The van der Waals surface area contributed by atoms with Crippen molar-refractivity contribution in [1.82, 2.24) is 9.78 Å². The van der Waals surface area contributed by atoms with E-state index in [0.29, 0.717) is 6.04 Å². The highest BCUT2D eigenvalue weighted by Crippen LogP contribution is 2.35. The molecule has 17 heavy (non-hydrogen) atoms. The van der Waals surface area contributed by atoms with E-state index >= 15 is 0 Å². The van der Waals surface area contributed by atoms with Crippen molar-refractivity contribution in [2.24, 2.45) is 0 Å². The summed E-state index contributed by atoms with van der Waals surface area (Å²) >= 11 is 0. The van der Waals surface area contributed by atoms with Crippen molar-refractivity contribution in [3.63, 3.8) is 0 Å². The summed E-state index contributed by atoms with van der Waals surface area (Å²) in [6.45, 7) is 6.52. The number of aryl methyl sites for hydroxylation is 2. The first-order valence-electron chi connectivity index (χ1n) is 6.27. The lowest BCUT2D eigenvalue weighted by Crippen LogP contribution is -2.32. The fourth-order valence-electron chi connectivity index (χ4n) is 2.14. The predicted molar refractivity (Wildman–Crippen MR) is 69.3 cm³/mol. The molecule has 1 aliphatic rings. The Balaban J connectivity index is 2.27. The average Bonchev–Trinajstić information content (AvgIpc) is 3.11. The Bertz CT molecular complexity index is 384. The van der Waals surface area contributed by atoms with Crippen LogP contribution in [-0.2, 0) is 11.3 Å². The molecule has 5 heteroatoms. The summed E-state index contributed by atoms with van der Waals surface area (Å²) in [5.41, 5.74) is 7.89. The first-order chi connectivity index (χ1) is 8.19. The van der Waals surface area contributed by atoms with Crippen LogP contribution in [0.4, 0.5) is 11.5 Å². The number of aromatic nitrogens is 2. The van der Waals surface area contributed by atoms with E-state index in [1.165, 1.54) is 12.8 Å². The van der Waals surface area contributed by atoms with E-state index in [2.05, 4.69) is 16.9 Å². The van der Waals surface area contributed by atoms with Crippen LogP contribution < -0.4 is 10.6 Å². The summed E-state index contributed by atoms with van der Waals surface area (Å²) in [6.07, 6.45) is 2.49. The molecule has 0 bridgehead atoms. The van der Waals surface area contributed by atoms with E-state index in [0.717, 1.165) is 36.9 Å². The third kappa shape index (κ3) is 2.39. The van der Waals surface area contributed by atoms with Gasteiger partial charge in [0.05, 0.1) is 18.0 Å². The van der Waals surface area contributed by atoms with Crippen molar-refractivity contribution in [3.8, 4) is 0 Å². The number of nitrogens with zero attached hydrogens (tertiary/aromatic N) is 3. The van der Waals surface area contributed by atoms with Gasteiger partial charge in [0.2, 0.25) is 0 Å². The minimum atomic E-state index is 0.619. The van der Waals surface area contributed by atoms with Crippen molar-refractivity contribution in [3.05, 3.63) is 5.69 Å². The highest BCUT2D eigenvalue weighted by Gasteiger charge is 2.32. The first-order valence-corrected chi connectivity index (χ1v) is 6.27. The number of nitrogens with two attached hydrogens (primary N) is 1. The topological polar surface area (TPSA) is 56.3 Å². The number of hydrogen-bond donors (Lipinski definition) is 1. The quantitative estimate of drug-likeness (QED) is 0.814. The molecule has 0 spiro atoms. The molecule has 1 aromatic heterocycles. The molecule has 2 rings (SSSR count). The van der Waals surface area contributed by atoms with Gasteiger partial charge in [-0.3, -0.25) is 0 Å². The summed E-state index contributed by atoms with van der Waals surface area (Å²) in [5, 5.41) is 4.48. The van der Waals surface area contributed by atoms with Gasteiger partial charge in [0.15, 0.2) is 5.82 Å². The van der Waals surface area contributed by atoms with Crippen LogP contribution in [0.3, 0.4) is 0 Å². The molecule has 5 nitrogen and oxygen atoms in total. The zero-order valence-electron chi connectivity index (χ0n) is 10.9. The number of hydrogen-bond acceptors (Lipinski definition) is 4. The molecule has 1 aromatic rings. The molecule has 0 atom stereocenters. The van der Waals surface area contributed by atoms with E-state index in [-0.39, 0.29) is 0 Å². The number of methoxy groups -OCH3 is 1. The fraction of sp³-hybridized carbons (Fsp3) is 0.750. The highest BCUT2D eigenvalue weighted by molar-refractivity contribution is 5.67. The molecule has 0 aliphatic heterocycles. The summed E-state index contributed by atoms with van der Waals surface area (Å²) in [7, 11) is 1.73. The van der Waals surface area contributed by atoms with Crippen LogP contribution in [-0.4, -0.2) is 36.1 Å². The Morgan fingerprint density at radius 1 is 1.53 bits per heavy atom. The SMILES string of the molecule is CCn1nc(C)c(N)c1N(CCOC)C1CC1. The summed E-state index contributed by atoms with van der Waals surface area (Å²) in [4.78, 5) is 2.35. The van der Waals surface area contributed by atoms with E-state index in [1.54, 1.807) is 7.11 Å². The maximum Gasteiger partial charge on any atom is 0.150 e. The molecule has 0 amide bonds. The Labute approximate surface area is 103 Å². The molecule has 0 radical (unpaired) electrons. The molecule has 0 unspecified atom stereocenters. The van der Waals surface area contributed by atoms with Crippen molar-refractivity contribution >= 4 is 11.5 Å². The van der Waals surface area contributed by atoms with Gasteiger partial charge in [0.1, 0.15) is 0 Å². The monoisotopic (exact) mass is 238 g/mol. The summed E-state index contributed by atoms with van der Waals surface area (Å²) in [6, 6.07) is 0.619. The molecule has 96 valence electrons. The van der Waals surface area contributed by atoms with E-state index in [9.17, 15) is 0 Å². The Hall–Kier alpha value is -1.23. The highest BCUT2D eigenvalue weighted by atomic mass is 16.5. The number of nitrogen functional groups attached to an aromatic ring is 1. The molecule has 1 aliphatic carbocycles. The maximum absolute atomic E-state index is 6.15. The van der Waals surface area contributed by atoms with Crippen molar-refractivity contribution in [2.45, 2.75) is 39.3 Å². The molecule has 2 N–H and O–H groups in total. The standard InChI is InChI=1S/C12H22N4O/c1-4-16-12(11(13)9(2)14-16)15(7-8-17-3)10-5-6-10/h10H,4-8,13H2,1-3H3. The molecule has 1 heterocycles. The van der Waals surface area contributed by atoms with E-state index in [1.807, 2.05) is 11.6 Å². The Kier molecular flexibility index (Phi) is 3.57. The van der Waals surface area contributed by atoms with Crippen molar-refractivity contribution in [1.29, 1.82) is 0 Å². The molecule has 1 saturated carbocycles. The third-order valence-corrected chi connectivity index (χ3v) is 3.24. The van der Waals surface area contributed by atoms with Gasteiger partial charge in [-0.1, -0.05) is 0 Å². The van der Waals surface area contributed by atoms with Crippen LogP contribution in [0, 0.1) is 6.92 Å². The average molecular weight is 238 g/mol. The van der Waals surface area contributed by atoms with E-state index < -0.39 is 0 Å². The van der Waals surface area contributed by atoms with Gasteiger partial charge < -0.3 is 15.4 Å². The Morgan fingerprint density at radius 3 is 2.76 bits per heavy atom. The summed E-state index contributed by atoms with van der Waals surface area (Å²) in [5.74, 6) is 1.07. The largest absolute Gasteiger partial charge is 0.394 e. The zero-order valence-corrected chi connectivity index (χ0v) is 10.9. The lowest BCUT2D eigenvalue weighted by molar-refractivity contribution is 0.204. The minimum absolute atomic E-state index is 0.619. The molecule has 0 aromatic carbocycles. The van der Waals surface area contributed by atoms with Gasteiger partial charge in [-0.05, 0) is 26.7 Å². The van der Waals surface area contributed by atoms with Gasteiger partial charge in [-0.2, -0.15) is 5.10 Å². The van der Waals surface area contributed by atoms with Crippen molar-refractivity contribution in [2.75, 3.05) is 30.9 Å².